The lowest BCUT2D eigenvalue weighted by atomic mass is 9.80. The summed E-state index contributed by atoms with van der Waals surface area (Å²) in [5, 5.41) is 14.6. The molecule has 9 heteroatoms. The monoisotopic (exact) mass is 1880 g/mol. The molecule has 9 nitrogen and oxygen atoms in total. The highest BCUT2D eigenvalue weighted by atomic mass is 15.1. The fraction of sp³-hybridized carbons (Fsp3) is 0.0652. The summed E-state index contributed by atoms with van der Waals surface area (Å²) in [5.74, 6) is 5.91. The molecular formula is C138H97N9. The van der Waals surface area contributed by atoms with Crippen molar-refractivity contribution in [1.82, 2.24) is 44.9 Å². The second-order valence-corrected chi connectivity index (χ2v) is 40.2. The van der Waals surface area contributed by atoms with E-state index >= 15 is 0 Å². The molecule has 694 valence electrons. The fourth-order valence-electron chi connectivity index (χ4n) is 22.7. The van der Waals surface area contributed by atoms with Crippen LogP contribution >= 0.6 is 0 Å². The van der Waals surface area contributed by atoms with E-state index in [1.54, 1.807) is 0 Å². The van der Waals surface area contributed by atoms with Crippen molar-refractivity contribution >= 4 is 64.6 Å². The van der Waals surface area contributed by atoms with E-state index in [-0.39, 0.29) is 16.2 Å². The van der Waals surface area contributed by atoms with Gasteiger partial charge < -0.3 is 0 Å². The van der Waals surface area contributed by atoms with Crippen molar-refractivity contribution in [3.05, 3.63) is 513 Å². The lowest BCUT2D eigenvalue weighted by Gasteiger charge is -2.23. The molecule has 25 aromatic rings. The number of rotatable bonds is 13. The Labute approximate surface area is 854 Å². The molecule has 0 unspecified atom stereocenters. The lowest BCUT2D eigenvalue weighted by molar-refractivity contribution is 0.661. The van der Waals surface area contributed by atoms with Gasteiger partial charge in [-0.05, 0) is 218 Å². The van der Waals surface area contributed by atoms with Gasteiger partial charge in [-0.15, -0.1) is 0 Å². The summed E-state index contributed by atoms with van der Waals surface area (Å²) in [6, 6.07) is 170. The third-order valence-electron chi connectivity index (χ3n) is 30.3. The maximum atomic E-state index is 5.17. The molecule has 0 saturated heterocycles. The average Bonchev–Trinajstić information content (AvgIpc) is 1.56. The first-order valence-corrected chi connectivity index (χ1v) is 50.4. The molecule has 0 saturated carbocycles. The van der Waals surface area contributed by atoms with Gasteiger partial charge in [-0.3, -0.25) is 0 Å². The predicted octanol–water partition coefficient (Wildman–Crippen LogP) is 35.1. The summed E-state index contributed by atoms with van der Waals surface area (Å²) in [6.45, 7) is 14.1. The number of benzene rings is 22. The van der Waals surface area contributed by atoms with E-state index in [2.05, 4.69) is 430 Å². The van der Waals surface area contributed by atoms with Gasteiger partial charge in [-0.25, -0.2) is 44.9 Å². The number of aromatic nitrogens is 9. The molecule has 28 rings (SSSR count). The highest BCUT2D eigenvalue weighted by Gasteiger charge is 2.41. The van der Waals surface area contributed by atoms with Gasteiger partial charge >= 0.3 is 0 Å². The number of fused-ring (bicyclic) bond motifs is 15. The fourth-order valence-corrected chi connectivity index (χ4v) is 22.7. The van der Waals surface area contributed by atoms with Crippen molar-refractivity contribution in [2.45, 2.75) is 57.8 Å². The molecule has 0 atom stereocenters. The zero-order valence-electron chi connectivity index (χ0n) is 82.1. The smallest absolute Gasteiger partial charge is 0.164 e. The van der Waals surface area contributed by atoms with Crippen molar-refractivity contribution in [2.24, 2.45) is 0 Å². The molecule has 0 aliphatic heterocycles. The van der Waals surface area contributed by atoms with E-state index in [0.717, 1.165) is 77.4 Å². The Morgan fingerprint density at radius 3 is 0.633 bits per heavy atom. The molecule has 147 heavy (non-hydrogen) atoms. The third kappa shape index (κ3) is 15.9. The molecule has 0 spiro atoms. The molecule has 0 N–H and O–H groups in total. The normalized spacial score (nSPS) is 13.0. The van der Waals surface area contributed by atoms with Crippen molar-refractivity contribution in [3.63, 3.8) is 0 Å². The Morgan fingerprint density at radius 1 is 0.122 bits per heavy atom. The van der Waals surface area contributed by atoms with Gasteiger partial charge in [-0.2, -0.15) is 0 Å². The highest BCUT2D eigenvalue weighted by Crippen LogP contribution is 2.59. The largest absolute Gasteiger partial charge is 0.208 e. The summed E-state index contributed by atoms with van der Waals surface area (Å²) in [4.78, 5) is 45.1. The Kier molecular flexibility index (Phi) is 21.8. The zero-order chi connectivity index (χ0) is 98.6. The van der Waals surface area contributed by atoms with Crippen LogP contribution in [0.4, 0.5) is 0 Å². The van der Waals surface area contributed by atoms with Gasteiger partial charge in [0.2, 0.25) is 0 Å². The molecule has 3 heterocycles. The standard InChI is InChI=1S/C48H33N3.C46H33N3.C44H31N3/c1-48(2)41-21-10-9-20-40(41)44-42(48)29-34-16-7-8-19-39(34)43(44)35-17-11-18-36(28-35)45-49-46(37-24-22-30-12-3-5-14-32(30)26-37)51-47(50-45)38-25-23-31-13-4-6-15-33(31)27-38;1-46(2)39-20-12-11-19-38(39)42-40(46)29-36-17-9-10-18-37(36)41(42)32-25-21-30(22-26-32)31-23-27-35(28-24-31)45-48-43(33-13-5-3-6-14-33)47-44(49-45)34-15-7-4-8-16-34;1-44(2)37-19-11-10-18-36(37)40-38(44)27-33-16-8-9-17-35(33)39(40)29-21-23-31(24-22-29)42-45-41(30-13-4-3-5-14-30)46-43(47-42)34-25-20-28-12-6-7-15-32(28)26-34/h3-29H,1-2H3;3-29H,1-2H3;3-27H,1-2H3. The second-order valence-electron chi connectivity index (χ2n) is 40.2. The first-order chi connectivity index (χ1) is 72.1. The molecule has 0 fully saturated rings. The Morgan fingerprint density at radius 2 is 0.327 bits per heavy atom. The van der Waals surface area contributed by atoms with Crippen molar-refractivity contribution in [2.75, 3.05) is 0 Å². The molecule has 3 aliphatic carbocycles. The summed E-state index contributed by atoms with van der Waals surface area (Å²) in [5.41, 5.74) is 34.3. The number of hydrogen-bond acceptors (Lipinski definition) is 9. The number of nitrogens with zero attached hydrogens (tertiary/aromatic N) is 9. The van der Waals surface area contributed by atoms with Gasteiger partial charge in [0.15, 0.2) is 52.4 Å². The molecule has 0 bridgehead atoms. The van der Waals surface area contributed by atoms with Crippen LogP contribution in [-0.4, -0.2) is 44.9 Å². The van der Waals surface area contributed by atoms with Crippen LogP contribution in [0.5, 0.6) is 0 Å². The Bertz CT molecular complexity index is 9390. The van der Waals surface area contributed by atoms with Crippen LogP contribution in [0.15, 0.2) is 479 Å². The van der Waals surface area contributed by atoms with Gasteiger partial charge in [0.05, 0.1) is 0 Å². The average molecular weight is 1880 g/mol. The van der Waals surface area contributed by atoms with E-state index in [1.807, 2.05) is 91.0 Å². The van der Waals surface area contributed by atoms with Crippen molar-refractivity contribution < 1.29 is 0 Å². The van der Waals surface area contributed by atoms with Crippen LogP contribution < -0.4 is 0 Å². The van der Waals surface area contributed by atoms with E-state index < -0.39 is 0 Å². The van der Waals surface area contributed by atoms with Crippen molar-refractivity contribution in [1.29, 1.82) is 0 Å². The summed E-state index contributed by atoms with van der Waals surface area (Å²) >= 11 is 0. The topological polar surface area (TPSA) is 116 Å². The second kappa shape index (κ2) is 36.1. The first-order valence-electron chi connectivity index (χ1n) is 50.4. The van der Waals surface area contributed by atoms with Gasteiger partial charge in [0.1, 0.15) is 0 Å². The first kappa shape index (κ1) is 88.6. The lowest BCUT2D eigenvalue weighted by Crippen LogP contribution is -2.14. The summed E-state index contributed by atoms with van der Waals surface area (Å²) in [7, 11) is 0. The Balaban J connectivity index is 0.000000112. The van der Waals surface area contributed by atoms with Crippen LogP contribution in [0.1, 0.15) is 74.9 Å². The van der Waals surface area contributed by atoms with E-state index in [0.29, 0.717) is 52.4 Å². The minimum absolute atomic E-state index is 0.0609. The maximum absolute atomic E-state index is 5.17. The van der Waals surface area contributed by atoms with Crippen LogP contribution in [0.25, 0.3) is 245 Å². The highest BCUT2D eigenvalue weighted by molar-refractivity contribution is 6.12. The molecule has 3 aliphatic rings. The summed E-state index contributed by atoms with van der Waals surface area (Å²) < 4.78 is 0. The Hall–Kier alpha value is -18.6. The molecule has 0 radical (unpaired) electrons. The zero-order valence-corrected chi connectivity index (χ0v) is 82.1. The summed E-state index contributed by atoms with van der Waals surface area (Å²) in [6.07, 6.45) is 0. The maximum Gasteiger partial charge on any atom is 0.164 e. The van der Waals surface area contributed by atoms with Gasteiger partial charge in [-0.1, -0.05) is 478 Å². The van der Waals surface area contributed by atoms with Gasteiger partial charge in [0.25, 0.3) is 0 Å². The van der Waals surface area contributed by atoms with Crippen LogP contribution in [-0.2, 0) is 16.2 Å². The van der Waals surface area contributed by atoms with Crippen molar-refractivity contribution in [3.8, 4) is 180 Å². The van der Waals surface area contributed by atoms with E-state index in [9.17, 15) is 0 Å². The SMILES string of the molecule is CC1(C)c2ccccc2-c2c1cc1ccccc1c2-c1ccc(-c2ccc(-c3nc(-c4ccccc4)nc(-c4ccccc4)n3)cc2)cc1.CC1(C)c2ccccc2-c2c1cc1ccccc1c2-c1ccc(-c2nc(-c3ccccc3)nc(-c3ccc4ccccc4c3)n2)cc1.CC1(C)c2ccccc2-c2c1cc1ccccc1c2-c1cccc(-c2nc(-c3ccc4ccccc4c3)nc(-c3ccc4ccccc4c3)n2)c1. The number of hydrogen-bond donors (Lipinski definition) is 0. The quantitative estimate of drug-likeness (QED) is 0.111. The molecular weight excluding hydrogens is 1780 g/mol. The van der Waals surface area contributed by atoms with Crippen LogP contribution in [0, 0.1) is 0 Å². The molecule has 22 aromatic carbocycles. The molecule has 0 amide bonds. The van der Waals surface area contributed by atoms with E-state index in [1.165, 1.54) is 149 Å². The van der Waals surface area contributed by atoms with Crippen LogP contribution in [0.3, 0.4) is 0 Å². The van der Waals surface area contributed by atoms with E-state index in [4.69, 9.17) is 44.9 Å². The van der Waals surface area contributed by atoms with Crippen LogP contribution in [0.2, 0.25) is 0 Å². The minimum Gasteiger partial charge on any atom is -0.208 e. The predicted molar refractivity (Wildman–Crippen MR) is 608 cm³/mol. The van der Waals surface area contributed by atoms with Gasteiger partial charge in [0, 0.05) is 66.3 Å². The molecule has 3 aromatic heterocycles. The third-order valence-corrected chi connectivity index (χ3v) is 30.3. The minimum atomic E-state index is -0.111.